The third kappa shape index (κ3) is 4.58. The van der Waals surface area contributed by atoms with Gasteiger partial charge in [-0.05, 0) is 55.4 Å². The Balaban J connectivity index is 1.94. The minimum absolute atomic E-state index is 0.300. The van der Waals surface area contributed by atoms with Crippen molar-refractivity contribution in [2.75, 3.05) is 19.8 Å². The summed E-state index contributed by atoms with van der Waals surface area (Å²) in [6.07, 6.45) is -0.982. The van der Waals surface area contributed by atoms with Crippen molar-refractivity contribution >= 4 is 5.91 Å². The molecule has 3 rings (SSSR count). The number of benzene rings is 2. The van der Waals surface area contributed by atoms with Gasteiger partial charge in [0.15, 0.2) is 0 Å². The number of amides is 1. The van der Waals surface area contributed by atoms with E-state index in [-0.39, 0.29) is 5.91 Å². The van der Waals surface area contributed by atoms with Gasteiger partial charge in [-0.25, -0.2) is 8.78 Å². The summed E-state index contributed by atoms with van der Waals surface area (Å²) in [6.45, 7) is 4.47. The molecule has 0 bridgehead atoms. The van der Waals surface area contributed by atoms with Crippen molar-refractivity contribution in [3.8, 4) is 11.1 Å². The lowest BCUT2D eigenvalue weighted by atomic mass is 9.73. The molecule has 1 aliphatic heterocycles. The average molecular weight is 387 g/mol. The smallest absolute Gasteiger partial charge is 0.255 e. The van der Waals surface area contributed by atoms with E-state index in [9.17, 15) is 13.6 Å². The molecule has 2 aromatic carbocycles. The zero-order valence-electron chi connectivity index (χ0n) is 16.4. The fourth-order valence-electron chi connectivity index (χ4n) is 4.02. The number of rotatable bonds is 6. The van der Waals surface area contributed by atoms with Gasteiger partial charge in [0.25, 0.3) is 6.43 Å². The van der Waals surface area contributed by atoms with Crippen LogP contribution in [-0.4, -0.2) is 32.1 Å². The van der Waals surface area contributed by atoms with Gasteiger partial charge in [0.1, 0.15) is 0 Å². The van der Waals surface area contributed by atoms with Gasteiger partial charge >= 0.3 is 0 Å². The highest BCUT2D eigenvalue weighted by Crippen LogP contribution is 2.38. The summed E-state index contributed by atoms with van der Waals surface area (Å²) in [5, 5.41) is 2.45. The van der Waals surface area contributed by atoms with Gasteiger partial charge in [0, 0.05) is 13.2 Å². The lowest BCUT2D eigenvalue weighted by Gasteiger charge is -2.36. The number of aryl methyl sites for hydroxylation is 2. The summed E-state index contributed by atoms with van der Waals surface area (Å²) in [4.78, 5) is 12.9. The molecule has 1 fully saturated rings. The van der Waals surface area contributed by atoms with Crippen molar-refractivity contribution in [1.82, 2.24) is 5.32 Å². The molecule has 0 aliphatic carbocycles. The number of hydrogen-bond acceptors (Lipinski definition) is 2. The summed E-state index contributed by atoms with van der Waals surface area (Å²) in [7, 11) is 0. The third-order valence-corrected chi connectivity index (χ3v) is 5.57. The molecule has 150 valence electrons. The molecule has 1 heterocycles. The number of hydrogen-bond donors (Lipinski definition) is 1. The monoisotopic (exact) mass is 387 g/mol. The van der Waals surface area contributed by atoms with Crippen LogP contribution in [-0.2, 0) is 16.0 Å². The molecule has 1 N–H and O–H groups in total. The highest BCUT2D eigenvalue weighted by atomic mass is 19.3. The van der Waals surface area contributed by atoms with Crippen molar-refractivity contribution in [3.05, 3.63) is 59.2 Å². The van der Waals surface area contributed by atoms with E-state index in [1.165, 1.54) is 11.1 Å². The first kappa shape index (κ1) is 20.5. The zero-order valence-corrected chi connectivity index (χ0v) is 16.4. The first-order chi connectivity index (χ1) is 13.4. The van der Waals surface area contributed by atoms with Crippen LogP contribution in [0, 0.1) is 19.3 Å². The molecule has 0 saturated carbocycles. The molecule has 0 spiro atoms. The maximum atomic E-state index is 12.9. The third-order valence-electron chi connectivity index (χ3n) is 5.57. The topological polar surface area (TPSA) is 38.3 Å². The maximum Gasteiger partial charge on any atom is 0.255 e. The van der Waals surface area contributed by atoms with E-state index < -0.39 is 18.4 Å². The molecular formula is C23H27F2NO2. The minimum Gasteiger partial charge on any atom is -0.381 e. The number of ether oxygens (including phenoxy) is 1. The Labute approximate surface area is 165 Å². The van der Waals surface area contributed by atoms with Crippen LogP contribution in [0.5, 0.6) is 0 Å². The van der Waals surface area contributed by atoms with E-state index in [0.29, 0.717) is 32.5 Å². The van der Waals surface area contributed by atoms with Crippen LogP contribution in [0.15, 0.2) is 42.5 Å². The predicted molar refractivity (Wildman–Crippen MR) is 107 cm³/mol. The quantitative estimate of drug-likeness (QED) is 0.781. The highest BCUT2D eigenvalue weighted by Gasteiger charge is 2.40. The number of nitrogens with one attached hydrogen (secondary N) is 1. The molecule has 0 aromatic heterocycles. The molecule has 5 heteroatoms. The first-order valence-electron chi connectivity index (χ1n) is 9.71. The highest BCUT2D eigenvalue weighted by molar-refractivity contribution is 5.84. The van der Waals surface area contributed by atoms with E-state index in [0.717, 1.165) is 16.7 Å². The normalized spacial score (nSPS) is 16.2. The molecule has 1 saturated heterocycles. The molecule has 1 aliphatic rings. The van der Waals surface area contributed by atoms with Crippen LogP contribution < -0.4 is 5.32 Å². The van der Waals surface area contributed by atoms with Crippen molar-refractivity contribution in [2.45, 2.75) is 39.5 Å². The van der Waals surface area contributed by atoms with Gasteiger partial charge < -0.3 is 10.1 Å². The van der Waals surface area contributed by atoms with Crippen LogP contribution in [0.25, 0.3) is 11.1 Å². The molecule has 3 nitrogen and oxygen atoms in total. The van der Waals surface area contributed by atoms with Gasteiger partial charge in [-0.1, -0.05) is 48.0 Å². The van der Waals surface area contributed by atoms with Gasteiger partial charge in [0.05, 0.1) is 12.0 Å². The Morgan fingerprint density at radius 2 is 1.82 bits per heavy atom. The lowest BCUT2D eigenvalue weighted by Crippen LogP contribution is -2.47. The summed E-state index contributed by atoms with van der Waals surface area (Å²) >= 11 is 0. The standard InChI is InChI=1S/C23H27F2NO2/c1-16-7-8-19(17(2)13-16)20-6-4-3-5-18(20)14-23(9-11-28-12-10-23)22(27)26-15-21(24)25/h3-8,13,21H,9-12,14-15H2,1-2H3,(H,26,27). The fraction of sp³-hybridized carbons (Fsp3) is 0.435. The number of carbonyl (C=O) groups is 1. The molecule has 0 unspecified atom stereocenters. The van der Waals surface area contributed by atoms with Gasteiger partial charge in [-0.15, -0.1) is 0 Å². The van der Waals surface area contributed by atoms with Crippen LogP contribution in [0.4, 0.5) is 8.78 Å². The summed E-state index contributed by atoms with van der Waals surface area (Å²) in [6, 6.07) is 14.4. The summed E-state index contributed by atoms with van der Waals surface area (Å²) in [5.74, 6) is -0.300. The van der Waals surface area contributed by atoms with E-state index in [1.807, 2.05) is 18.2 Å². The summed E-state index contributed by atoms with van der Waals surface area (Å²) < 4.78 is 30.7. The van der Waals surface area contributed by atoms with Gasteiger partial charge in [0.2, 0.25) is 5.91 Å². The van der Waals surface area contributed by atoms with Crippen molar-refractivity contribution in [2.24, 2.45) is 5.41 Å². The minimum atomic E-state index is -2.55. The SMILES string of the molecule is Cc1ccc(-c2ccccc2CC2(C(=O)NCC(F)F)CCOCC2)c(C)c1. The van der Waals surface area contributed by atoms with E-state index in [4.69, 9.17) is 4.74 Å². The molecule has 2 aromatic rings. The number of alkyl halides is 2. The van der Waals surface area contributed by atoms with Gasteiger partial charge in [-0.2, -0.15) is 0 Å². The fourth-order valence-corrected chi connectivity index (χ4v) is 4.02. The van der Waals surface area contributed by atoms with E-state index in [2.05, 4.69) is 43.4 Å². The zero-order chi connectivity index (χ0) is 20.1. The maximum absolute atomic E-state index is 12.9. The molecule has 0 atom stereocenters. The Bertz CT molecular complexity index is 829. The van der Waals surface area contributed by atoms with Crippen LogP contribution in [0.2, 0.25) is 0 Å². The number of halogens is 2. The largest absolute Gasteiger partial charge is 0.381 e. The Morgan fingerprint density at radius 3 is 2.50 bits per heavy atom. The molecule has 0 radical (unpaired) electrons. The van der Waals surface area contributed by atoms with Crippen molar-refractivity contribution in [3.63, 3.8) is 0 Å². The second kappa shape index (κ2) is 8.82. The second-order valence-corrected chi connectivity index (χ2v) is 7.65. The second-order valence-electron chi connectivity index (χ2n) is 7.65. The Morgan fingerprint density at radius 1 is 1.11 bits per heavy atom. The summed E-state index contributed by atoms with van der Waals surface area (Å²) in [5.41, 5.74) is 4.94. The first-order valence-corrected chi connectivity index (χ1v) is 9.71. The van der Waals surface area contributed by atoms with Gasteiger partial charge in [-0.3, -0.25) is 4.79 Å². The average Bonchev–Trinajstić information content (AvgIpc) is 2.67. The Kier molecular flexibility index (Phi) is 6.45. The van der Waals surface area contributed by atoms with E-state index >= 15 is 0 Å². The van der Waals surface area contributed by atoms with Crippen molar-refractivity contribution in [1.29, 1.82) is 0 Å². The molecular weight excluding hydrogens is 360 g/mol. The van der Waals surface area contributed by atoms with Crippen LogP contribution in [0.1, 0.15) is 29.5 Å². The lowest BCUT2D eigenvalue weighted by molar-refractivity contribution is -0.137. The predicted octanol–water partition coefficient (Wildman–Crippen LogP) is 4.69. The Hall–Kier alpha value is -2.27. The molecule has 1 amide bonds. The van der Waals surface area contributed by atoms with Crippen LogP contribution >= 0.6 is 0 Å². The molecule has 28 heavy (non-hydrogen) atoms. The number of carbonyl (C=O) groups excluding carboxylic acids is 1. The van der Waals surface area contributed by atoms with Crippen LogP contribution in [0.3, 0.4) is 0 Å². The van der Waals surface area contributed by atoms with E-state index in [1.54, 1.807) is 0 Å². The van der Waals surface area contributed by atoms with Crippen molar-refractivity contribution < 1.29 is 18.3 Å².